The van der Waals surface area contributed by atoms with Gasteiger partial charge in [0.1, 0.15) is 5.75 Å². The lowest BCUT2D eigenvalue weighted by molar-refractivity contribution is -0.119. The molecule has 30 heavy (non-hydrogen) atoms. The van der Waals surface area contributed by atoms with Crippen LogP contribution < -0.4 is 11.5 Å². The Balaban J connectivity index is 1.63. The molecular formula is C23H24N2O4S. The van der Waals surface area contributed by atoms with Crippen LogP contribution in [0.25, 0.3) is 10.8 Å². The molecule has 0 bridgehead atoms. The summed E-state index contributed by atoms with van der Waals surface area (Å²) in [5.74, 6) is -2.45. The largest absolute Gasteiger partial charge is 0.398 e. The molecule has 7 heteroatoms. The number of Topliss-reactive ketones (excluding diaryl/α,β-unsaturated/α-hetero) is 1. The van der Waals surface area contributed by atoms with Gasteiger partial charge in [-0.2, -0.15) is 0 Å². The zero-order chi connectivity index (χ0) is 21.7. The highest BCUT2D eigenvalue weighted by Gasteiger charge is 2.23. The molecule has 0 heterocycles. The molecule has 1 amide bonds. The number of nitrogens with two attached hydrogens (primary N) is 2. The number of carbonyl (C=O) groups excluding carboxylic acids is 2. The highest BCUT2D eigenvalue weighted by atomic mass is 32.2. The number of anilines is 1. The lowest BCUT2D eigenvalue weighted by atomic mass is 9.92. The number of primary amides is 1. The molecule has 0 aromatic heterocycles. The van der Waals surface area contributed by atoms with Crippen LogP contribution in [0.3, 0.4) is 0 Å². The molecule has 1 atom stereocenters. The molecule has 4 N–H and O–H groups in total. The molecule has 0 saturated heterocycles. The second-order valence-electron chi connectivity index (χ2n) is 7.30. The summed E-state index contributed by atoms with van der Waals surface area (Å²) in [5.41, 5.74) is 12.8. The lowest BCUT2D eigenvalue weighted by Gasteiger charge is -2.15. The lowest BCUT2D eigenvalue weighted by Crippen LogP contribution is -2.24. The molecule has 1 unspecified atom stereocenters. The van der Waals surface area contributed by atoms with E-state index in [0.29, 0.717) is 16.8 Å². The van der Waals surface area contributed by atoms with E-state index in [4.69, 9.17) is 11.5 Å². The van der Waals surface area contributed by atoms with Crippen molar-refractivity contribution < 1.29 is 18.0 Å². The number of carbonyl (C=O) groups is 2. The molecule has 0 aliphatic carbocycles. The Morgan fingerprint density at radius 1 is 0.900 bits per heavy atom. The predicted octanol–water partition coefficient (Wildman–Crippen LogP) is 3.07. The molecule has 3 aromatic carbocycles. The van der Waals surface area contributed by atoms with Crippen molar-refractivity contribution in [1.82, 2.24) is 0 Å². The van der Waals surface area contributed by atoms with Gasteiger partial charge in [-0.3, -0.25) is 9.59 Å². The number of hydrogen-bond acceptors (Lipinski definition) is 5. The first-order chi connectivity index (χ1) is 14.3. The number of sulfone groups is 1. The van der Waals surface area contributed by atoms with Gasteiger partial charge in [0.25, 0.3) is 0 Å². The van der Waals surface area contributed by atoms with Crippen LogP contribution >= 0.6 is 0 Å². The maximum Gasteiger partial charge on any atom is 0.225 e. The van der Waals surface area contributed by atoms with Gasteiger partial charge in [0.2, 0.25) is 5.91 Å². The minimum Gasteiger partial charge on any atom is -0.398 e. The number of fused-ring (bicyclic) bond motifs is 1. The van der Waals surface area contributed by atoms with Crippen molar-refractivity contribution in [2.45, 2.75) is 18.8 Å². The van der Waals surface area contributed by atoms with E-state index >= 15 is 0 Å². The van der Waals surface area contributed by atoms with Crippen molar-refractivity contribution in [3.8, 4) is 0 Å². The number of nitrogen functional groups attached to an aromatic ring is 1. The number of para-hydroxylation sites is 1. The Bertz CT molecular complexity index is 1190. The van der Waals surface area contributed by atoms with Crippen LogP contribution in [-0.4, -0.2) is 31.6 Å². The van der Waals surface area contributed by atoms with Gasteiger partial charge in [0, 0.05) is 11.3 Å². The van der Waals surface area contributed by atoms with Gasteiger partial charge in [-0.15, -0.1) is 0 Å². The molecule has 6 nitrogen and oxygen atoms in total. The Morgan fingerprint density at radius 2 is 1.57 bits per heavy atom. The number of amides is 1. The van der Waals surface area contributed by atoms with Crippen LogP contribution in [0, 0.1) is 0 Å². The first kappa shape index (κ1) is 21.5. The summed E-state index contributed by atoms with van der Waals surface area (Å²) in [7, 11) is -3.63. The fraction of sp³-hybridized carbons (Fsp3) is 0.217. The first-order valence-corrected chi connectivity index (χ1v) is 11.4. The molecule has 0 saturated carbocycles. The number of hydrogen-bond donors (Lipinski definition) is 2. The molecule has 3 aromatic rings. The second kappa shape index (κ2) is 9.09. The molecular weight excluding hydrogens is 400 g/mol. The van der Waals surface area contributed by atoms with Gasteiger partial charge in [0.15, 0.2) is 15.6 Å². The average molecular weight is 425 g/mol. The van der Waals surface area contributed by atoms with E-state index in [1.54, 1.807) is 42.5 Å². The Hall–Kier alpha value is -3.19. The zero-order valence-corrected chi connectivity index (χ0v) is 17.3. The fourth-order valence-corrected chi connectivity index (χ4v) is 4.82. The monoisotopic (exact) mass is 424 g/mol. The average Bonchev–Trinajstić information content (AvgIpc) is 2.71. The standard InChI is InChI=1S/C23H24N2O4S/c24-21-10-4-3-8-19(21)20(23(25)27)9-5-13-30(28,29)15-22(26)18-12-11-16-6-1-2-7-17(16)14-18/h1-4,6-8,10-12,14,20H,5,9,13,15,24H2,(H2,25,27). The molecule has 0 radical (unpaired) electrons. The normalized spacial score (nSPS) is 12.5. The number of ketones is 1. The van der Waals surface area contributed by atoms with Crippen LogP contribution in [0.5, 0.6) is 0 Å². The molecule has 0 aliphatic heterocycles. The van der Waals surface area contributed by atoms with Crippen LogP contribution in [0.1, 0.15) is 34.7 Å². The van der Waals surface area contributed by atoms with Gasteiger partial charge in [-0.1, -0.05) is 54.6 Å². The molecule has 156 valence electrons. The van der Waals surface area contributed by atoms with E-state index in [2.05, 4.69) is 0 Å². The van der Waals surface area contributed by atoms with Crippen molar-refractivity contribution in [2.24, 2.45) is 5.73 Å². The predicted molar refractivity (Wildman–Crippen MR) is 119 cm³/mol. The van der Waals surface area contributed by atoms with Gasteiger partial charge >= 0.3 is 0 Å². The van der Waals surface area contributed by atoms with Gasteiger partial charge in [0.05, 0.1) is 11.7 Å². The van der Waals surface area contributed by atoms with E-state index in [-0.39, 0.29) is 18.6 Å². The second-order valence-corrected chi connectivity index (χ2v) is 9.49. The first-order valence-electron chi connectivity index (χ1n) is 9.63. The summed E-state index contributed by atoms with van der Waals surface area (Å²) in [5, 5.41) is 1.86. The van der Waals surface area contributed by atoms with Crippen LogP contribution in [0.4, 0.5) is 5.69 Å². The minimum atomic E-state index is -3.63. The summed E-state index contributed by atoms with van der Waals surface area (Å²) in [6.07, 6.45) is 0.447. The third-order valence-corrected chi connectivity index (χ3v) is 6.70. The number of benzene rings is 3. The van der Waals surface area contributed by atoms with Crippen molar-refractivity contribution >= 4 is 38.0 Å². The quantitative estimate of drug-likeness (QED) is 0.404. The van der Waals surface area contributed by atoms with Crippen molar-refractivity contribution in [2.75, 3.05) is 17.2 Å². The molecule has 0 spiro atoms. The SMILES string of the molecule is NC(=O)C(CCCS(=O)(=O)CC(=O)c1ccc2ccccc2c1)c1ccccc1N. The molecule has 0 fully saturated rings. The van der Waals surface area contributed by atoms with Crippen LogP contribution in [-0.2, 0) is 14.6 Å². The van der Waals surface area contributed by atoms with Crippen LogP contribution in [0.15, 0.2) is 66.7 Å². The maximum absolute atomic E-state index is 12.5. The van der Waals surface area contributed by atoms with Gasteiger partial charge in [-0.05, 0) is 41.3 Å². The minimum absolute atomic E-state index is 0.204. The summed E-state index contributed by atoms with van der Waals surface area (Å²) < 4.78 is 24.9. The molecule has 0 aliphatic rings. The van der Waals surface area contributed by atoms with Gasteiger partial charge in [-0.25, -0.2) is 8.42 Å². The summed E-state index contributed by atoms with van der Waals surface area (Å²) in [6, 6.07) is 19.6. The van der Waals surface area contributed by atoms with E-state index < -0.39 is 33.2 Å². The summed E-state index contributed by atoms with van der Waals surface area (Å²) in [4.78, 5) is 24.3. The highest BCUT2D eigenvalue weighted by molar-refractivity contribution is 7.92. The Kier molecular flexibility index (Phi) is 6.52. The zero-order valence-electron chi connectivity index (χ0n) is 16.5. The topological polar surface area (TPSA) is 120 Å². The third-order valence-electron chi connectivity index (χ3n) is 5.09. The van der Waals surface area contributed by atoms with E-state index in [1.807, 2.05) is 24.3 Å². The maximum atomic E-state index is 12.5. The van der Waals surface area contributed by atoms with Gasteiger partial charge < -0.3 is 11.5 Å². The van der Waals surface area contributed by atoms with E-state index in [9.17, 15) is 18.0 Å². The summed E-state index contributed by atoms with van der Waals surface area (Å²) in [6.45, 7) is 0. The number of rotatable bonds is 9. The van der Waals surface area contributed by atoms with E-state index in [1.165, 1.54) is 0 Å². The third kappa shape index (κ3) is 5.24. The highest BCUT2D eigenvalue weighted by Crippen LogP contribution is 2.26. The van der Waals surface area contributed by atoms with Crippen molar-refractivity contribution in [1.29, 1.82) is 0 Å². The van der Waals surface area contributed by atoms with Crippen LogP contribution in [0.2, 0.25) is 0 Å². The molecule has 3 rings (SSSR count). The fourth-order valence-electron chi connectivity index (χ4n) is 3.50. The van der Waals surface area contributed by atoms with Crippen molar-refractivity contribution in [3.05, 3.63) is 77.9 Å². The smallest absolute Gasteiger partial charge is 0.225 e. The van der Waals surface area contributed by atoms with Crippen molar-refractivity contribution in [3.63, 3.8) is 0 Å². The summed E-state index contributed by atoms with van der Waals surface area (Å²) >= 11 is 0. The van der Waals surface area contributed by atoms with E-state index in [0.717, 1.165) is 10.8 Å². The Morgan fingerprint density at radius 3 is 2.27 bits per heavy atom. The Labute approximate surface area is 175 Å².